The molecule has 2 aliphatic rings. The molecule has 4 heteroatoms. The third kappa shape index (κ3) is 2.01. The van der Waals surface area contributed by atoms with E-state index in [1.54, 1.807) is 17.3 Å². The van der Waals surface area contributed by atoms with Crippen molar-refractivity contribution in [3.8, 4) is 5.69 Å². The summed E-state index contributed by atoms with van der Waals surface area (Å²) in [5.74, 6) is 1.89. The molecule has 2 aliphatic carbocycles. The molecule has 0 radical (unpaired) electrons. The van der Waals surface area contributed by atoms with Gasteiger partial charge in [-0.25, -0.2) is 9.67 Å². The lowest BCUT2D eigenvalue weighted by molar-refractivity contribution is 0.440. The van der Waals surface area contributed by atoms with E-state index in [0.29, 0.717) is 6.04 Å². The van der Waals surface area contributed by atoms with Crippen molar-refractivity contribution in [2.45, 2.75) is 31.7 Å². The summed E-state index contributed by atoms with van der Waals surface area (Å²) in [6, 6.07) is 9.15. The lowest BCUT2D eigenvalue weighted by Gasteiger charge is -2.24. The van der Waals surface area contributed by atoms with Gasteiger partial charge in [-0.3, -0.25) is 0 Å². The Morgan fingerprint density at radius 1 is 1.11 bits per heavy atom. The molecule has 2 aromatic rings. The van der Waals surface area contributed by atoms with E-state index >= 15 is 0 Å². The molecule has 0 amide bonds. The van der Waals surface area contributed by atoms with Gasteiger partial charge in [0.15, 0.2) is 0 Å². The molecule has 0 saturated heterocycles. The van der Waals surface area contributed by atoms with Gasteiger partial charge < -0.3 is 5.32 Å². The zero-order valence-electron chi connectivity index (χ0n) is 10.9. The van der Waals surface area contributed by atoms with Crippen molar-refractivity contribution in [2.24, 2.45) is 11.8 Å². The predicted octanol–water partition coefficient (Wildman–Crippen LogP) is 2.87. The Bertz CT molecular complexity index is 546. The molecular weight excluding hydrogens is 236 g/mol. The fourth-order valence-corrected chi connectivity index (χ4v) is 3.69. The van der Waals surface area contributed by atoms with Crippen LogP contribution in [0.25, 0.3) is 5.69 Å². The van der Waals surface area contributed by atoms with Gasteiger partial charge in [-0.1, -0.05) is 6.42 Å². The van der Waals surface area contributed by atoms with E-state index in [0.717, 1.165) is 17.5 Å². The summed E-state index contributed by atoms with van der Waals surface area (Å²) in [4.78, 5) is 3.97. The highest BCUT2D eigenvalue weighted by molar-refractivity contribution is 5.49. The monoisotopic (exact) mass is 254 g/mol. The second kappa shape index (κ2) is 4.37. The summed E-state index contributed by atoms with van der Waals surface area (Å²) in [5, 5.41) is 7.84. The van der Waals surface area contributed by atoms with Crippen molar-refractivity contribution in [3.63, 3.8) is 0 Å². The topological polar surface area (TPSA) is 42.7 Å². The molecular formula is C15H18N4. The largest absolute Gasteiger partial charge is 0.382 e. The Morgan fingerprint density at radius 2 is 2.00 bits per heavy atom. The fourth-order valence-electron chi connectivity index (χ4n) is 3.69. The quantitative estimate of drug-likeness (QED) is 0.915. The van der Waals surface area contributed by atoms with Crippen molar-refractivity contribution in [3.05, 3.63) is 36.9 Å². The molecule has 98 valence electrons. The Morgan fingerprint density at radius 3 is 2.63 bits per heavy atom. The van der Waals surface area contributed by atoms with Gasteiger partial charge >= 0.3 is 0 Å². The first kappa shape index (κ1) is 11.0. The molecule has 4 rings (SSSR count). The van der Waals surface area contributed by atoms with Gasteiger partial charge in [-0.05, 0) is 55.4 Å². The van der Waals surface area contributed by atoms with Gasteiger partial charge in [0.05, 0.1) is 5.69 Å². The summed E-state index contributed by atoms with van der Waals surface area (Å²) < 4.78 is 1.78. The Balaban J connectivity index is 1.48. The number of rotatable bonds is 3. The minimum atomic E-state index is 0.691. The minimum absolute atomic E-state index is 0.691. The molecule has 1 heterocycles. The zero-order valence-corrected chi connectivity index (χ0v) is 10.9. The highest BCUT2D eigenvalue weighted by Crippen LogP contribution is 2.45. The van der Waals surface area contributed by atoms with Crippen LogP contribution in [0.4, 0.5) is 5.69 Å². The van der Waals surface area contributed by atoms with E-state index in [9.17, 15) is 0 Å². The van der Waals surface area contributed by atoms with E-state index in [1.165, 1.54) is 31.4 Å². The molecule has 0 spiro atoms. The van der Waals surface area contributed by atoms with E-state index in [4.69, 9.17) is 0 Å². The van der Waals surface area contributed by atoms with E-state index in [1.807, 2.05) is 0 Å². The molecule has 1 aromatic carbocycles. The molecule has 2 fully saturated rings. The molecule has 0 aliphatic heterocycles. The number of benzene rings is 1. The molecule has 1 N–H and O–H groups in total. The van der Waals surface area contributed by atoms with Crippen molar-refractivity contribution in [1.29, 1.82) is 0 Å². The average molecular weight is 254 g/mol. The van der Waals surface area contributed by atoms with Crippen molar-refractivity contribution in [1.82, 2.24) is 14.8 Å². The minimum Gasteiger partial charge on any atom is -0.382 e. The van der Waals surface area contributed by atoms with Gasteiger partial charge in [0.25, 0.3) is 0 Å². The number of aromatic nitrogens is 3. The Labute approximate surface area is 112 Å². The van der Waals surface area contributed by atoms with Crippen LogP contribution < -0.4 is 5.32 Å². The average Bonchev–Trinajstić information content (AvgIpc) is 3.17. The highest BCUT2D eigenvalue weighted by Gasteiger charge is 2.39. The van der Waals surface area contributed by atoms with Crippen molar-refractivity contribution in [2.75, 3.05) is 5.32 Å². The molecule has 3 atom stereocenters. The fraction of sp³-hybridized carbons (Fsp3) is 0.467. The Hall–Kier alpha value is -1.84. The molecule has 19 heavy (non-hydrogen) atoms. The van der Waals surface area contributed by atoms with Gasteiger partial charge in [-0.2, -0.15) is 5.10 Å². The Kier molecular flexibility index (Phi) is 2.53. The zero-order chi connectivity index (χ0) is 12.7. The van der Waals surface area contributed by atoms with Crippen LogP contribution >= 0.6 is 0 Å². The van der Waals surface area contributed by atoms with Crippen LogP contribution in [0.3, 0.4) is 0 Å². The molecule has 1 aromatic heterocycles. The van der Waals surface area contributed by atoms with Crippen LogP contribution in [-0.4, -0.2) is 20.8 Å². The standard InChI is InChI=1S/C15H18N4/c1-2-12-7-11(1)8-15(12)18-13-3-5-14(6-4-13)19-10-16-9-17-19/h3-6,9-12,15,18H,1-2,7-8H2. The van der Waals surface area contributed by atoms with E-state index in [2.05, 4.69) is 39.7 Å². The SMILES string of the molecule is c1ncn(-c2ccc(NC3CC4CCC3C4)cc2)n1. The lowest BCUT2D eigenvalue weighted by atomic mass is 9.95. The van der Waals surface area contributed by atoms with E-state index < -0.39 is 0 Å². The first-order valence-electron chi connectivity index (χ1n) is 7.10. The number of hydrogen-bond acceptors (Lipinski definition) is 3. The van der Waals surface area contributed by atoms with Gasteiger partial charge in [0.1, 0.15) is 12.7 Å². The van der Waals surface area contributed by atoms with Gasteiger partial charge in [0, 0.05) is 11.7 Å². The third-order valence-corrected chi connectivity index (χ3v) is 4.64. The van der Waals surface area contributed by atoms with Crippen LogP contribution in [0.2, 0.25) is 0 Å². The lowest BCUT2D eigenvalue weighted by Crippen LogP contribution is -2.25. The first-order chi connectivity index (χ1) is 9.38. The van der Waals surface area contributed by atoms with Crippen LogP contribution in [0.5, 0.6) is 0 Å². The maximum Gasteiger partial charge on any atom is 0.138 e. The predicted molar refractivity (Wildman–Crippen MR) is 74.2 cm³/mol. The van der Waals surface area contributed by atoms with E-state index in [-0.39, 0.29) is 0 Å². The third-order valence-electron chi connectivity index (χ3n) is 4.64. The number of nitrogens with zero attached hydrogens (tertiary/aromatic N) is 3. The van der Waals surface area contributed by atoms with Gasteiger partial charge in [0.2, 0.25) is 0 Å². The summed E-state index contributed by atoms with van der Waals surface area (Å²) in [7, 11) is 0. The number of hydrogen-bond donors (Lipinski definition) is 1. The number of nitrogens with one attached hydrogen (secondary N) is 1. The maximum atomic E-state index is 4.14. The maximum absolute atomic E-state index is 4.14. The summed E-state index contributed by atoms with van der Waals surface area (Å²) in [6.45, 7) is 0. The van der Waals surface area contributed by atoms with Crippen LogP contribution in [0.15, 0.2) is 36.9 Å². The molecule has 3 unspecified atom stereocenters. The van der Waals surface area contributed by atoms with Crippen molar-refractivity contribution >= 4 is 5.69 Å². The smallest absolute Gasteiger partial charge is 0.138 e. The van der Waals surface area contributed by atoms with Gasteiger partial charge in [-0.15, -0.1) is 0 Å². The summed E-state index contributed by atoms with van der Waals surface area (Å²) in [5.41, 5.74) is 2.28. The van der Waals surface area contributed by atoms with Crippen LogP contribution in [-0.2, 0) is 0 Å². The second-order valence-corrected chi connectivity index (χ2v) is 5.81. The molecule has 4 nitrogen and oxygen atoms in total. The number of fused-ring (bicyclic) bond motifs is 2. The highest BCUT2D eigenvalue weighted by atomic mass is 15.3. The van der Waals surface area contributed by atoms with Crippen LogP contribution in [0, 0.1) is 11.8 Å². The first-order valence-corrected chi connectivity index (χ1v) is 7.10. The van der Waals surface area contributed by atoms with Crippen LogP contribution in [0.1, 0.15) is 25.7 Å². The van der Waals surface area contributed by atoms with Crippen molar-refractivity contribution < 1.29 is 0 Å². The molecule has 2 saturated carbocycles. The molecule has 2 bridgehead atoms. The summed E-state index contributed by atoms with van der Waals surface area (Å²) in [6.07, 6.45) is 8.94. The normalized spacial score (nSPS) is 28.7. The second-order valence-electron chi connectivity index (χ2n) is 5.81. The summed E-state index contributed by atoms with van der Waals surface area (Å²) >= 11 is 0. The number of anilines is 1.